The zero-order valence-electron chi connectivity index (χ0n) is 15.7. The summed E-state index contributed by atoms with van der Waals surface area (Å²) in [5, 5.41) is 10.4. The van der Waals surface area contributed by atoms with Crippen LogP contribution in [0.5, 0.6) is 11.5 Å². The Morgan fingerprint density at radius 1 is 1.23 bits per heavy atom. The van der Waals surface area contributed by atoms with Crippen molar-refractivity contribution >= 4 is 34.8 Å². The number of aromatic hydroxyl groups is 1. The maximum atomic E-state index is 9.98. The van der Waals surface area contributed by atoms with Crippen LogP contribution in [0.15, 0.2) is 41.4 Å². The van der Waals surface area contributed by atoms with Crippen LogP contribution in [0.25, 0.3) is 5.57 Å². The van der Waals surface area contributed by atoms with E-state index in [1.54, 1.807) is 25.5 Å². The standard InChI is InChI=1S/C21H23ClN2O2/c1-13-11-21(2,3)24(4)18-10-20(26-5)14(8-16(13)18)12-23-17-7-6-15(22)9-19(17)25/h6-12,25H,1-5H3. The van der Waals surface area contributed by atoms with Crippen LogP contribution in [0.4, 0.5) is 11.4 Å². The van der Waals surface area contributed by atoms with Gasteiger partial charge in [-0.2, -0.15) is 0 Å². The Hall–Kier alpha value is -2.46. The summed E-state index contributed by atoms with van der Waals surface area (Å²) < 4.78 is 5.58. The summed E-state index contributed by atoms with van der Waals surface area (Å²) in [6, 6.07) is 8.96. The van der Waals surface area contributed by atoms with Crippen molar-refractivity contribution in [2.45, 2.75) is 26.3 Å². The molecule has 3 rings (SSSR count). The van der Waals surface area contributed by atoms with Gasteiger partial charge in [-0.1, -0.05) is 17.7 Å². The number of halogens is 1. The van der Waals surface area contributed by atoms with Gasteiger partial charge < -0.3 is 14.7 Å². The molecule has 0 saturated carbocycles. The molecule has 1 aliphatic rings. The van der Waals surface area contributed by atoms with Gasteiger partial charge in [0, 0.05) is 47.2 Å². The van der Waals surface area contributed by atoms with Crippen molar-refractivity contribution in [2.24, 2.45) is 4.99 Å². The van der Waals surface area contributed by atoms with Crippen LogP contribution in [0, 0.1) is 0 Å². The van der Waals surface area contributed by atoms with Crippen molar-refractivity contribution in [3.05, 3.63) is 52.6 Å². The van der Waals surface area contributed by atoms with Crippen molar-refractivity contribution in [2.75, 3.05) is 19.1 Å². The van der Waals surface area contributed by atoms with E-state index in [0.717, 1.165) is 22.6 Å². The molecular weight excluding hydrogens is 348 g/mol. The summed E-state index contributed by atoms with van der Waals surface area (Å²) in [6.07, 6.45) is 3.96. The largest absolute Gasteiger partial charge is 0.506 e. The van der Waals surface area contributed by atoms with Gasteiger partial charge in [0.2, 0.25) is 0 Å². The average molecular weight is 371 g/mol. The molecule has 0 fully saturated rings. The number of rotatable bonds is 3. The summed E-state index contributed by atoms with van der Waals surface area (Å²) >= 11 is 5.87. The smallest absolute Gasteiger partial charge is 0.142 e. The fourth-order valence-corrected chi connectivity index (χ4v) is 3.38. The van der Waals surface area contributed by atoms with Gasteiger partial charge in [0.15, 0.2) is 0 Å². The van der Waals surface area contributed by atoms with E-state index < -0.39 is 0 Å². The van der Waals surface area contributed by atoms with E-state index >= 15 is 0 Å². The number of allylic oxidation sites excluding steroid dienone is 1. The highest BCUT2D eigenvalue weighted by Gasteiger charge is 2.29. The van der Waals surface area contributed by atoms with Gasteiger partial charge >= 0.3 is 0 Å². The number of ether oxygens (including phenoxy) is 1. The molecule has 5 heteroatoms. The fourth-order valence-electron chi connectivity index (χ4n) is 3.22. The quantitative estimate of drug-likeness (QED) is 0.732. The lowest BCUT2D eigenvalue weighted by Gasteiger charge is -2.40. The number of fused-ring (bicyclic) bond motifs is 1. The second-order valence-electron chi connectivity index (χ2n) is 7.04. The van der Waals surface area contributed by atoms with E-state index in [1.807, 2.05) is 6.07 Å². The Morgan fingerprint density at radius 3 is 2.62 bits per heavy atom. The lowest BCUT2D eigenvalue weighted by Crippen LogP contribution is -2.42. The number of hydrogen-bond acceptors (Lipinski definition) is 4. The minimum Gasteiger partial charge on any atom is -0.506 e. The summed E-state index contributed by atoms with van der Waals surface area (Å²) in [6.45, 7) is 6.49. The minimum absolute atomic E-state index is 0.0447. The van der Waals surface area contributed by atoms with Gasteiger partial charge in [0.25, 0.3) is 0 Å². The summed E-state index contributed by atoms with van der Waals surface area (Å²) in [7, 11) is 3.73. The lowest BCUT2D eigenvalue weighted by atomic mass is 9.88. The van der Waals surface area contributed by atoms with Crippen LogP contribution in [0.2, 0.25) is 5.02 Å². The molecule has 1 N–H and O–H groups in total. The Kier molecular flexibility index (Phi) is 4.72. The minimum atomic E-state index is -0.0627. The molecule has 0 aliphatic carbocycles. The molecule has 1 aliphatic heterocycles. The Labute approximate surface area is 159 Å². The number of phenolic OH excluding ortho intramolecular Hbond substituents is 1. The molecule has 2 aromatic rings. The number of methoxy groups -OCH3 is 1. The normalized spacial score (nSPS) is 15.8. The highest BCUT2D eigenvalue weighted by molar-refractivity contribution is 6.30. The second kappa shape index (κ2) is 6.69. The molecule has 0 unspecified atom stereocenters. The van der Waals surface area contributed by atoms with Crippen molar-refractivity contribution < 1.29 is 9.84 Å². The van der Waals surface area contributed by atoms with Crippen molar-refractivity contribution in [1.29, 1.82) is 0 Å². The van der Waals surface area contributed by atoms with Crippen LogP contribution in [0.3, 0.4) is 0 Å². The number of hydrogen-bond donors (Lipinski definition) is 1. The molecule has 4 nitrogen and oxygen atoms in total. The van der Waals surface area contributed by atoms with E-state index in [4.69, 9.17) is 16.3 Å². The molecule has 0 amide bonds. The summed E-state index contributed by atoms with van der Waals surface area (Å²) in [4.78, 5) is 6.64. The average Bonchev–Trinajstić information content (AvgIpc) is 2.58. The fraction of sp³-hybridized carbons (Fsp3) is 0.286. The number of anilines is 1. The third kappa shape index (κ3) is 3.29. The molecule has 0 spiro atoms. The molecule has 26 heavy (non-hydrogen) atoms. The number of likely N-dealkylation sites (N-methyl/N-ethyl adjacent to an activating group) is 1. The van der Waals surface area contributed by atoms with Gasteiger partial charge in [-0.05, 0) is 44.5 Å². The molecular formula is C21H23ClN2O2. The van der Waals surface area contributed by atoms with E-state index in [0.29, 0.717) is 10.7 Å². The van der Waals surface area contributed by atoms with Crippen LogP contribution in [0.1, 0.15) is 31.9 Å². The zero-order chi connectivity index (χ0) is 19.1. The molecule has 0 aromatic heterocycles. The summed E-state index contributed by atoms with van der Waals surface area (Å²) in [5.74, 6) is 0.779. The van der Waals surface area contributed by atoms with E-state index in [-0.39, 0.29) is 11.3 Å². The lowest BCUT2D eigenvalue weighted by molar-refractivity contribution is 0.414. The maximum absolute atomic E-state index is 9.98. The number of benzene rings is 2. The molecule has 0 bridgehead atoms. The van der Waals surface area contributed by atoms with Crippen LogP contribution in [-0.2, 0) is 0 Å². The van der Waals surface area contributed by atoms with Crippen molar-refractivity contribution in [1.82, 2.24) is 0 Å². The molecule has 0 radical (unpaired) electrons. The van der Waals surface area contributed by atoms with Gasteiger partial charge in [-0.25, -0.2) is 0 Å². The monoisotopic (exact) mass is 370 g/mol. The molecule has 0 saturated heterocycles. The van der Waals surface area contributed by atoms with Crippen molar-refractivity contribution in [3.8, 4) is 11.5 Å². The molecule has 1 heterocycles. The predicted molar refractivity (Wildman–Crippen MR) is 109 cm³/mol. The number of phenols is 1. The van der Waals surface area contributed by atoms with Crippen LogP contribution in [-0.4, -0.2) is 31.0 Å². The zero-order valence-corrected chi connectivity index (χ0v) is 16.4. The first-order chi connectivity index (χ1) is 12.2. The predicted octanol–water partition coefficient (Wildman–Crippen LogP) is 5.44. The first-order valence-electron chi connectivity index (χ1n) is 8.41. The van der Waals surface area contributed by atoms with Crippen molar-refractivity contribution in [3.63, 3.8) is 0 Å². The van der Waals surface area contributed by atoms with Gasteiger partial charge in [0.1, 0.15) is 17.2 Å². The third-order valence-corrected chi connectivity index (χ3v) is 5.08. The first kappa shape index (κ1) is 18.3. The van der Waals surface area contributed by atoms with Crippen LogP contribution < -0.4 is 9.64 Å². The second-order valence-corrected chi connectivity index (χ2v) is 7.48. The van der Waals surface area contributed by atoms with Crippen LogP contribution >= 0.6 is 11.6 Å². The molecule has 136 valence electrons. The van der Waals surface area contributed by atoms with Gasteiger partial charge in [-0.15, -0.1) is 0 Å². The Morgan fingerprint density at radius 2 is 1.96 bits per heavy atom. The SMILES string of the molecule is COc1cc2c(cc1C=Nc1ccc(Cl)cc1O)C(C)=CC(C)(C)N2C. The first-order valence-corrected chi connectivity index (χ1v) is 8.79. The van der Waals surface area contributed by atoms with E-state index in [1.165, 1.54) is 11.6 Å². The van der Waals surface area contributed by atoms with Gasteiger partial charge in [0.05, 0.1) is 12.6 Å². The Balaban J connectivity index is 2.06. The maximum Gasteiger partial charge on any atom is 0.142 e. The van der Waals surface area contributed by atoms with E-state index in [2.05, 4.69) is 49.9 Å². The highest BCUT2D eigenvalue weighted by Crippen LogP contribution is 2.41. The molecule has 2 aromatic carbocycles. The Bertz CT molecular complexity index is 916. The molecule has 0 atom stereocenters. The topological polar surface area (TPSA) is 45.1 Å². The summed E-state index contributed by atoms with van der Waals surface area (Å²) in [5.41, 5.74) is 4.73. The van der Waals surface area contributed by atoms with E-state index in [9.17, 15) is 5.11 Å². The highest BCUT2D eigenvalue weighted by atomic mass is 35.5. The number of aliphatic imine (C=N–C) groups is 1. The third-order valence-electron chi connectivity index (χ3n) is 4.85. The number of nitrogens with zero attached hydrogens (tertiary/aromatic N) is 2. The van der Waals surface area contributed by atoms with Gasteiger partial charge in [-0.3, -0.25) is 4.99 Å².